The summed E-state index contributed by atoms with van der Waals surface area (Å²) in [5, 5.41) is 0. The number of carbonyl (C=O) groups is 1. The predicted molar refractivity (Wildman–Crippen MR) is 113 cm³/mol. The minimum atomic E-state index is -3.33. The Hall–Kier alpha value is -2.19. The van der Waals surface area contributed by atoms with Gasteiger partial charge >= 0.3 is 0 Å². The molecule has 0 aliphatic carbocycles. The molecular weight excluding hydrogens is 388 g/mol. The van der Waals surface area contributed by atoms with Crippen LogP contribution in [0, 0.1) is 20.8 Å². The Kier molecular flexibility index (Phi) is 6.43. The number of carbonyl (C=O) groups excluding carboxylic acids is 1. The first-order chi connectivity index (χ1) is 13.7. The first-order valence-corrected chi connectivity index (χ1v) is 11.8. The van der Waals surface area contributed by atoms with Crippen molar-refractivity contribution < 1.29 is 13.2 Å². The summed E-state index contributed by atoms with van der Waals surface area (Å²) in [6, 6.07) is 5.68. The monoisotopic (exact) mass is 418 g/mol. The van der Waals surface area contributed by atoms with E-state index in [0.717, 1.165) is 17.0 Å². The van der Waals surface area contributed by atoms with E-state index in [2.05, 4.69) is 4.98 Å². The lowest BCUT2D eigenvalue weighted by Crippen LogP contribution is -2.49. The molecule has 0 spiro atoms. The minimum absolute atomic E-state index is 0.0199. The lowest BCUT2D eigenvalue weighted by atomic mass is 10.0. The molecule has 0 unspecified atom stereocenters. The first kappa shape index (κ1) is 21.5. The lowest BCUT2D eigenvalue weighted by Gasteiger charge is -2.37. The highest BCUT2D eigenvalue weighted by atomic mass is 32.2. The number of hydrogen-bond donors (Lipinski definition) is 0. The quantitative estimate of drug-likeness (QED) is 0.722. The Labute approximate surface area is 173 Å². The van der Waals surface area contributed by atoms with E-state index >= 15 is 0 Å². The summed E-state index contributed by atoms with van der Waals surface area (Å²) in [6.07, 6.45) is 6.14. The summed E-state index contributed by atoms with van der Waals surface area (Å²) in [5.41, 5.74) is 2.96. The molecule has 1 aliphatic rings. The molecule has 1 fully saturated rings. The van der Waals surface area contributed by atoms with E-state index in [-0.39, 0.29) is 11.9 Å². The van der Waals surface area contributed by atoms with Crippen LogP contribution in [0.15, 0.2) is 30.6 Å². The van der Waals surface area contributed by atoms with Gasteiger partial charge in [-0.2, -0.15) is 4.31 Å². The molecule has 0 radical (unpaired) electrons. The van der Waals surface area contributed by atoms with Crippen LogP contribution in [0.3, 0.4) is 0 Å². The number of rotatable bonds is 6. The van der Waals surface area contributed by atoms with Crippen molar-refractivity contribution in [1.82, 2.24) is 18.8 Å². The predicted octanol–water partition coefficient (Wildman–Crippen LogP) is 2.37. The third kappa shape index (κ3) is 5.05. The van der Waals surface area contributed by atoms with Crippen LogP contribution in [-0.2, 0) is 16.6 Å². The summed E-state index contributed by atoms with van der Waals surface area (Å²) in [7, 11) is -3.33. The standard InChI is InChI=1S/C21H30N4O3S/c1-16-5-6-19(15-17(16)2)21(26)24-10-7-20(8-11-24)25(29(4,27)28)14-13-23-12-9-22-18(23)3/h5-6,9,12,15,20H,7-8,10-11,13-14H2,1-4H3. The summed E-state index contributed by atoms with van der Waals surface area (Å²) >= 11 is 0. The van der Waals surface area contributed by atoms with Crippen LogP contribution < -0.4 is 0 Å². The Bertz CT molecular complexity index is 976. The molecule has 1 aliphatic heterocycles. The van der Waals surface area contributed by atoms with Gasteiger partial charge in [0, 0.05) is 50.2 Å². The van der Waals surface area contributed by atoms with Crippen LogP contribution in [-0.4, -0.2) is 65.0 Å². The highest BCUT2D eigenvalue weighted by molar-refractivity contribution is 7.88. The van der Waals surface area contributed by atoms with Gasteiger partial charge in [0.1, 0.15) is 5.82 Å². The average molecular weight is 419 g/mol. The summed E-state index contributed by atoms with van der Waals surface area (Å²) < 4.78 is 28.3. The molecule has 1 aromatic carbocycles. The fourth-order valence-electron chi connectivity index (χ4n) is 3.88. The van der Waals surface area contributed by atoms with Gasteiger partial charge in [-0.1, -0.05) is 6.07 Å². The van der Waals surface area contributed by atoms with Crippen LogP contribution in [0.2, 0.25) is 0 Å². The van der Waals surface area contributed by atoms with Crippen LogP contribution in [0.4, 0.5) is 0 Å². The number of sulfonamides is 1. The molecule has 158 valence electrons. The van der Waals surface area contributed by atoms with Crippen molar-refractivity contribution in [1.29, 1.82) is 0 Å². The van der Waals surface area contributed by atoms with Crippen LogP contribution in [0.5, 0.6) is 0 Å². The van der Waals surface area contributed by atoms with E-state index in [1.807, 2.05) is 54.6 Å². The van der Waals surface area contributed by atoms with E-state index in [9.17, 15) is 13.2 Å². The fraction of sp³-hybridized carbons (Fsp3) is 0.524. The fourth-order valence-corrected chi connectivity index (χ4v) is 5.05. The van der Waals surface area contributed by atoms with Gasteiger partial charge in [0.2, 0.25) is 10.0 Å². The van der Waals surface area contributed by atoms with Gasteiger partial charge in [0.25, 0.3) is 5.91 Å². The number of piperidine rings is 1. The maximum Gasteiger partial charge on any atom is 0.253 e. The SMILES string of the molecule is Cc1ccc(C(=O)N2CCC(N(CCn3ccnc3C)S(C)(=O)=O)CC2)cc1C. The molecule has 0 atom stereocenters. The molecule has 7 nitrogen and oxygen atoms in total. The van der Waals surface area contributed by atoms with E-state index in [1.54, 1.807) is 10.5 Å². The van der Waals surface area contributed by atoms with Crippen LogP contribution in [0.1, 0.15) is 40.2 Å². The second-order valence-corrected chi connectivity index (χ2v) is 9.80. The lowest BCUT2D eigenvalue weighted by molar-refractivity contribution is 0.0677. The van der Waals surface area contributed by atoms with Gasteiger partial charge in [0.15, 0.2) is 0 Å². The van der Waals surface area contributed by atoms with E-state index in [4.69, 9.17) is 0 Å². The zero-order chi connectivity index (χ0) is 21.2. The summed E-state index contributed by atoms with van der Waals surface area (Å²) in [5.74, 6) is 0.888. The highest BCUT2D eigenvalue weighted by Gasteiger charge is 2.31. The van der Waals surface area contributed by atoms with Gasteiger partial charge < -0.3 is 9.47 Å². The number of aromatic nitrogens is 2. The van der Waals surface area contributed by atoms with Crippen LogP contribution >= 0.6 is 0 Å². The van der Waals surface area contributed by atoms with Crippen molar-refractivity contribution in [2.45, 2.75) is 46.2 Å². The number of benzene rings is 1. The van der Waals surface area contributed by atoms with Crippen molar-refractivity contribution in [3.63, 3.8) is 0 Å². The van der Waals surface area contributed by atoms with E-state index in [1.165, 1.54) is 6.26 Å². The molecular formula is C21H30N4O3S. The normalized spacial score (nSPS) is 15.8. The average Bonchev–Trinajstić information content (AvgIpc) is 3.08. The number of imidazole rings is 1. The molecule has 8 heteroatoms. The van der Waals surface area contributed by atoms with Gasteiger partial charge in [0.05, 0.1) is 6.26 Å². The van der Waals surface area contributed by atoms with Gasteiger partial charge in [-0.25, -0.2) is 13.4 Å². The summed E-state index contributed by atoms with van der Waals surface area (Å²) in [4.78, 5) is 18.9. The number of aryl methyl sites for hydroxylation is 3. The number of amides is 1. The third-order valence-corrected chi connectivity index (χ3v) is 7.16. The molecule has 0 bridgehead atoms. The topological polar surface area (TPSA) is 75.5 Å². The zero-order valence-electron chi connectivity index (χ0n) is 17.6. The van der Waals surface area contributed by atoms with Crippen molar-refractivity contribution in [2.75, 3.05) is 25.9 Å². The second kappa shape index (κ2) is 8.67. The Morgan fingerprint density at radius 2 is 1.86 bits per heavy atom. The number of likely N-dealkylation sites (tertiary alicyclic amines) is 1. The van der Waals surface area contributed by atoms with Gasteiger partial charge in [-0.05, 0) is 56.9 Å². The van der Waals surface area contributed by atoms with Crippen LogP contribution in [0.25, 0.3) is 0 Å². The maximum atomic E-state index is 12.8. The Balaban J connectivity index is 1.64. The largest absolute Gasteiger partial charge is 0.339 e. The molecule has 1 amide bonds. The smallest absolute Gasteiger partial charge is 0.253 e. The second-order valence-electron chi connectivity index (χ2n) is 7.86. The maximum absolute atomic E-state index is 12.8. The molecule has 0 saturated carbocycles. The van der Waals surface area contributed by atoms with E-state index < -0.39 is 10.0 Å². The number of hydrogen-bond acceptors (Lipinski definition) is 4. The Morgan fingerprint density at radius 3 is 2.41 bits per heavy atom. The highest BCUT2D eigenvalue weighted by Crippen LogP contribution is 2.21. The van der Waals surface area contributed by atoms with Crippen molar-refractivity contribution in [3.8, 4) is 0 Å². The zero-order valence-corrected chi connectivity index (χ0v) is 18.4. The molecule has 1 aromatic heterocycles. The molecule has 29 heavy (non-hydrogen) atoms. The molecule has 1 saturated heterocycles. The van der Waals surface area contributed by atoms with Gasteiger partial charge in [-0.15, -0.1) is 0 Å². The molecule has 3 rings (SSSR count). The molecule has 2 heterocycles. The van der Waals surface area contributed by atoms with Gasteiger partial charge in [-0.3, -0.25) is 4.79 Å². The third-order valence-electron chi connectivity index (χ3n) is 5.82. The Morgan fingerprint density at radius 1 is 1.17 bits per heavy atom. The first-order valence-electron chi connectivity index (χ1n) is 9.98. The number of nitrogens with zero attached hydrogens (tertiary/aromatic N) is 4. The van der Waals surface area contributed by atoms with E-state index in [0.29, 0.717) is 44.6 Å². The minimum Gasteiger partial charge on any atom is -0.339 e. The summed E-state index contributed by atoms with van der Waals surface area (Å²) in [6.45, 7) is 8.04. The van der Waals surface area contributed by atoms with Crippen molar-refractivity contribution in [3.05, 3.63) is 53.1 Å². The molecule has 2 aromatic rings. The van der Waals surface area contributed by atoms with Crippen molar-refractivity contribution in [2.24, 2.45) is 0 Å². The van der Waals surface area contributed by atoms with Crippen molar-refractivity contribution >= 4 is 15.9 Å². The molecule has 0 N–H and O–H groups in total.